The summed E-state index contributed by atoms with van der Waals surface area (Å²) in [7, 11) is 3.16. The van der Waals surface area contributed by atoms with Crippen LogP contribution in [-0.4, -0.2) is 30.9 Å². The van der Waals surface area contributed by atoms with Crippen molar-refractivity contribution in [3.8, 4) is 5.75 Å². The number of likely N-dealkylation sites (N-methyl/N-ethyl adjacent to an activating group) is 1. The Kier molecular flexibility index (Phi) is 5.82. The zero-order valence-corrected chi connectivity index (χ0v) is 14.6. The average Bonchev–Trinajstić information content (AvgIpc) is 2.57. The molecule has 0 saturated heterocycles. The van der Waals surface area contributed by atoms with Crippen LogP contribution in [0.1, 0.15) is 11.1 Å². The smallest absolute Gasteiger partial charge is 0.313 e. The van der Waals surface area contributed by atoms with E-state index in [4.69, 9.17) is 16.3 Å². The molecule has 0 radical (unpaired) electrons. The Morgan fingerprint density at radius 1 is 1.17 bits per heavy atom. The van der Waals surface area contributed by atoms with Crippen LogP contribution >= 0.6 is 11.6 Å². The van der Waals surface area contributed by atoms with Gasteiger partial charge in [0, 0.05) is 13.6 Å². The first kappa shape index (κ1) is 17.8. The number of ether oxygens (including phenoxy) is 1. The number of carbonyl (C=O) groups is 2. The van der Waals surface area contributed by atoms with Gasteiger partial charge < -0.3 is 15.0 Å². The maximum atomic E-state index is 12.2. The number of amides is 2. The van der Waals surface area contributed by atoms with Gasteiger partial charge in [-0.05, 0) is 42.3 Å². The van der Waals surface area contributed by atoms with E-state index in [2.05, 4.69) is 5.32 Å². The molecule has 2 rings (SSSR count). The number of halogens is 1. The first-order valence-corrected chi connectivity index (χ1v) is 7.74. The number of carbonyl (C=O) groups excluding carboxylic acids is 2. The molecular formula is C18H19ClN2O3. The minimum atomic E-state index is -0.725. The molecule has 5 nitrogen and oxygen atoms in total. The monoisotopic (exact) mass is 346 g/mol. The lowest BCUT2D eigenvalue weighted by molar-refractivity contribution is -0.142. The number of rotatable bonds is 4. The van der Waals surface area contributed by atoms with Crippen molar-refractivity contribution in [2.45, 2.75) is 13.5 Å². The minimum Gasteiger partial charge on any atom is -0.497 e. The summed E-state index contributed by atoms with van der Waals surface area (Å²) in [5.74, 6) is -0.626. The second-order valence-electron chi connectivity index (χ2n) is 5.45. The van der Waals surface area contributed by atoms with Crippen LogP contribution < -0.4 is 10.1 Å². The van der Waals surface area contributed by atoms with Gasteiger partial charge in [-0.1, -0.05) is 29.8 Å². The fraction of sp³-hybridized carbons (Fsp3) is 0.222. The number of hydrogen-bond donors (Lipinski definition) is 1. The number of hydrogen-bond acceptors (Lipinski definition) is 3. The highest BCUT2D eigenvalue weighted by atomic mass is 35.5. The van der Waals surface area contributed by atoms with Crippen LogP contribution in [0.5, 0.6) is 5.75 Å². The summed E-state index contributed by atoms with van der Waals surface area (Å²) in [5, 5.41) is 2.94. The predicted octanol–water partition coefficient (Wildman–Crippen LogP) is 3.25. The van der Waals surface area contributed by atoms with E-state index < -0.39 is 11.8 Å². The Balaban J connectivity index is 1.99. The summed E-state index contributed by atoms with van der Waals surface area (Å²) in [5.41, 5.74) is 2.28. The second-order valence-corrected chi connectivity index (χ2v) is 5.85. The summed E-state index contributed by atoms with van der Waals surface area (Å²) in [6.07, 6.45) is 0. The van der Waals surface area contributed by atoms with Crippen molar-refractivity contribution in [3.05, 3.63) is 58.6 Å². The van der Waals surface area contributed by atoms with Crippen LogP contribution in [0.3, 0.4) is 0 Å². The van der Waals surface area contributed by atoms with Gasteiger partial charge >= 0.3 is 11.8 Å². The van der Waals surface area contributed by atoms with Crippen LogP contribution in [0.2, 0.25) is 5.02 Å². The molecule has 2 aromatic rings. The van der Waals surface area contributed by atoms with Crippen LogP contribution in [0.25, 0.3) is 0 Å². The molecule has 0 aromatic heterocycles. The number of benzene rings is 2. The molecule has 0 fully saturated rings. The molecular weight excluding hydrogens is 328 g/mol. The molecule has 0 spiro atoms. The maximum Gasteiger partial charge on any atom is 0.313 e. The SMILES string of the molecule is COc1ccc(CN(C)C(=O)C(=O)Nc2ccc(C)cc2Cl)cc1. The molecule has 0 heterocycles. The van der Waals surface area contributed by atoms with Crippen molar-refractivity contribution >= 4 is 29.1 Å². The summed E-state index contributed by atoms with van der Waals surface area (Å²) in [6.45, 7) is 2.21. The van der Waals surface area contributed by atoms with Gasteiger partial charge in [0.15, 0.2) is 0 Å². The Bertz CT molecular complexity index is 744. The molecule has 126 valence electrons. The fourth-order valence-electron chi connectivity index (χ4n) is 2.15. The van der Waals surface area contributed by atoms with Gasteiger partial charge in [-0.25, -0.2) is 0 Å². The topological polar surface area (TPSA) is 58.6 Å². The Morgan fingerprint density at radius 2 is 1.83 bits per heavy atom. The van der Waals surface area contributed by atoms with Gasteiger partial charge in [0.2, 0.25) is 0 Å². The Morgan fingerprint density at radius 3 is 2.42 bits per heavy atom. The van der Waals surface area contributed by atoms with Gasteiger partial charge in [-0.15, -0.1) is 0 Å². The Labute approximate surface area is 146 Å². The van der Waals surface area contributed by atoms with Gasteiger partial charge in [0.25, 0.3) is 0 Å². The van der Waals surface area contributed by atoms with E-state index in [0.717, 1.165) is 16.9 Å². The summed E-state index contributed by atoms with van der Waals surface area (Å²) in [6, 6.07) is 12.5. The van der Waals surface area contributed by atoms with E-state index in [1.807, 2.05) is 25.1 Å². The minimum absolute atomic E-state index is 0.317. The van der Waals surface area contributed by atoms with E-state index >= 15 is 0 Å². The van der Waals surface area contributed by atoms with Crippen molar-refractivity contribution in [3.63, 3.8) is 0 Å². The van der Waals surface area contributed by atoms with Crippen LogP contribution in [-0.2, 0) is 16.1 Å². The van der Waals surface area contributed by atoms with Crippen LogP contribution in [0, 0.1) is 6.92 Å². The third kappa shape index (κ3) is 4.49. The molecule has 24 heavy (non-hydrogen) atoms. The van der Waals surface area contributed by atoms with Crippen LogP contribution in [0.15, 0.2) is 42.5 Å². The third-order valence-electron chi connectivity index (χ3n) is 3.49. The number of nitrogens with one attached hydrogen (secondary N) is 1. The molecule has 0 unspecified atom stereocenters. The van der Waals surface area contributed by atoms with Crippen LogP contribution in [0.4, 0.5) is 5.69 Å². The number of methoxy groups -OCH3 is 1. The number of anilines is 1. The Hall–Kier alpha value is -2.53. The lowest BCUT2D eigenvalue weighted by Gasteiger charge is -2.17. The molecule has 2 aromatic carbocycles. The highest BCUT2D eigenvalue weighted by Crippen LogP contribution is 2.22. The third-order valence-corrected chi connectivity index (χ3v) is 3.81. The van der Waals surface area contributed by atoms with E-state index in [1.54, 1.807) is 38.4 Å². The van der Waals surface area contributed by atoms with Crippen molar-refractivity contribution in [2.24, 2.45) is 0 Å². The van der Waals surface area contributed by atoms with E-state index in [9.17, 15) is 9.59 Å². The predicted molar refractivity (Wildman–Crippen MR) is 94.3 cm³/mol. The lowest BCUT2D eigenvalue weighted by atomic mass is 10.2. The summed E-state index contributed by atoms with van der Waals surface area (Å²) < 4.78 is 5.09. The van der Waals surface area contributed by atoms with E-state index in [1.165, 1.54) is 4.90 Å². The van der Waals surface area contributed by atoms with E-state index in [-0.39, 0.29) is 0 Å². The molecule has 0 aliphatic carbocycles. The molecule has 1 N–H and O–H groups in total. The highest BCUT2D eigenvalue weighted by molar-refractivity contribution is 6.41. The molecule has 6 heteroatoms. The molecule has 2 amide bonds. The van der Waals surface area contributed by atoms with Crippen molar-refractivity contribution < 1.29 is 14.3 Å². The van der Waals surface area contributed by atoms with Crippen molar-refractivity contribution in [1.82, 2.24) is 4.90 Å². The second kappa shape index (κ2) is 7.84. The first-order chi connectivity index (χ1) is 11.4. The highest BCUT2D eigenvalue weighted by Gasteiger charge is 2.19. The summed E-state index contributed by atoms with van der Waals surface area (Å²) >= 11 is 6.06. The molecule has 0 bridgehead atoms. The maximum absolute atomic E-state index is 12.2. The average molecular weight is 347 g/mol. The van der Waals surface area contributed by atoms with Crippen molar-refractivity contribution in [1.29, 1.82) is 0 Å². The molecule has 0 aliphatic heterocycles. The number of aryl methyl sites for hydroxylation is 1. The van der Waals surface area contributed by atoms with Gasteiger partial charge in [-0.3, -0.25) is 9.59 Å². The molecule has 0 aliphatic rings. The number of nitrogens with zero attached hydrogens (tertiary/aromatic N) is 1. The normalized spacial score (nSPS) is 10.2. The standard InChI is InChI=1S/C18H19ClN2O3/c1-12-4-9-16(15(19)10-12)20-17(22)18(23)21(2)11-13-5-7-14(24-3)8-6-13/h4-10H,11H2,1-3H3,(H,20,22). The van der Waals surface area contributed by atoms with Gasteiger partial charge in [-0.2, -0.15) is 0 Å². The zero-order valence-electron chi connectivity index (χ0n) is 13.8. The van der Waals surface area contributed by atoms with Crippen molar-refractivity contribution in [2.75, 3.05) is 19.5 Å². The quantitative estimate of drug-likeness (QED) is 0.864. The fourth-order valence-corrected chi connectivity index (χ4v) is 2.43. The largest absolute Gasteiger partial charge is 0.497 e. The lowest BCUT2D eigenvalue weighted by Crippen LogP contribution is -2.36. The zero-order chi connectivity index (χ0) is 17.7. The molecule has 0 atom stereocenters. The summed E-state index contributed by atoms with van der Waals surface area (Å²) in [4.78, 5) is 25.6. The van der Waals surface area contributed by atoms with E-state index in [0.29, 0.717) is 17.3 Å². The molecule has 0 saturated carbocycles. The first-order valence-electron chi connectivity index (χ1n) is 7.36. The van der Waals surface area contributed by atoms with Gasteiger partial charge in [0.05, 0.1) is 17.8 Å². The van der Waals surface area contributed by atoms with Gasteiger partial charge in [0.1, 0.15) is 5.75 Å².